The van der Waals surface area contributed by atoms with Crippen LogP contribution in [0.3, 0.4) is 0 Å². The summed E-state index contributed by atoms with van der Waals surface area (Å²) in [4.78, 5) is 8.65. The first-order valence-electron chi connectivity index (χ1n) is 7.34. The van der Waals surface area contributed by atoms with E-state index in [1.807, 2.05) is 36.4 Å². The maximum absolute atomic E-state index is 5.80. The molecule has 0 saturated carbocycles. The molecule has 0 fully saturated rings. The van der Waals surface area contributed by atoms with E-state index in [-0.39, 0.29) is 0 Å². The van der Waals surface area contributed by atoms with E-state index in [1.54, 1.807) is 0 Å². The Bertz CT molecular complexity index is 797. The summed E-state index contributed by atoms with van der Waals surface area (Å²) in [5, 5.41) is 1.04. The van der Waals surface area contributed by atoms with E-state index in [2.05, 4.69) is 29.9 Å². The van der Waals surface area contributed by atoms with Crippen molar-refractivity contribution in [2.24, 2.45) is 0 Å². The Morgan fingerprint density at radius 1 is 0.955 bits per heavy atom. The number of nitrogen functional groups attached to an aromatic ring is 1. The molecule has 0 bridgehead atoms. The van der Waals surface area contributed by atoms with E-state index >= 15 is 0 Å². The molecule has 0 unspecified atom stereocenters. The summed E-state index contributed by atoms with van der Waals surface area (Å²) in [6, 6.07) is 14.1. The van der Waals surface area contributed by atoms with Gasteiger partial charge in [0.25, 0.3) is 0 Å². The second kappa shape index (κ2) is 6.02. The van der Waals surface area contributed by atoms with E-state index in [9.17, 15) is 0 Å². The zero-order valence-electron chi connectivity index (χ0n) is 12.8. The number of benzene rings is 2. The highest BCUT2D eigenvalue weighted by atomic mass is 16.5. The topological polar surface area (TPSA) is 61.0 Å². The highest BCUT2D eigenvalue weighted by Crippen LogP contribution is 2.19. The van der Waals surface area contributed by atoms with Gasteiger partial charge in [0.1, 0.15) is 5.75 Å². The summed E-state index contributed by atoms with van der Waals surface area (Å²) >= 11 is 0. The zero-order chi connectivity index (χ0) is 15.5. The van der Waals surface area contributed by atoms with E-state index in [0.717, 1.165) is 22.3 Å². The molecular formula is C18H19N3O. The number of aromatic nitrogens is 2. The standard InChI is InChI=1S/C18H19N3O/c1-12-3-6-14(7-4-12)22-10-9-17-15-11-13(2)5-8-16(15)20-18(19)21-17/h3-8,11H,9-10H2,1-2H3,(H2,19,20,21). The van der Waals surface area contributed by atoms with Crippen LogP contribution in [-0.2, 0) is 6.42 Å². The Hall–Kier alpha value is -2.62. The summed E-state index contributed by atoms with van der Waals surface area (Å²) in [5.74, 6) is 1.18. The molecule has 0 aliphatic carbocycles. The SMILES string of the molecule is Cc1ccc(OCCc2nc(N)nc3ccc(C)cc23)cc1. The average molecular weight is 293 g/mol. The Morgan fingerprint density at radius 3 is 2.45 bits per heavy atom. The van der Waals surface area contributed by atoms with Crippen LogP contribution in [0.15, 0.2) is 42.5 Å². The summed E-state index contributed by atoms with van der Waals surface area (Å²) < 4.78 is 5.78. The fourth-order valence-corrected chi connectivity index (χ4v) is 2.42. The van der Waals surface area contributed by atoms with Gasteiger partial charge in [0.05, 0.1) is 17.8 Å². The summed E-state index contributed by atoms with van der Waals surface area (Å²) in [6.45, 7) is 4.67. The highest BCUT2D eigenvalue weighted by molar-refractivity contribution is 5.82. The molecule has 3 rings (SSSR count). The molecule has 4 heteroatoms. The first-order valence-corrected chi connectivity index (χ1v) is 7.34. The molecule has 1 heterocycles. The fraction of sp³-hybridized carbons (Fsp3) is 0.222. The molecule has 1 aromatic heterocycles. The number of rotatable bonds is 4. The molecule has 0 atom stereocenters. The Labute approximate surface area is 130 Å². The third kappa shape index (κ3) is 3.17. The normalized spacial score (nSPS) is 10.8. The smallest absolute Gasteiger partial charge is 0.220 e. The van der Waals surface area contributed by atoms with Crippen LogP contribution in [-0.4, -0.2) is 16.6 Å². The summed E-state index contributed by atoms with van der Waals surface area (Å²) in [7, 11) is 0. The van der Waals surface area contributed by atoms with Crippen LogP contribution in [0.25, 0.3) is 10.9 Å². The second-order valence-electron chi connectivity index (χ2n) is 5.46. The number of aryl methyl sites for hydroxylation is 2. The van der Waals surface area contributed by atoms with Gasteiger partial charge < -0.3 is 10.5 Å². The lowest BCUT2D eigenvalue weighted by Gasteiger charge is -2.09. The zero-order valence-corrected chi connectivity index (χ0v) is 12.8. The molecular weight excluding hydrogens is 274 g/mol. The van der Waals surface area contributed by atoms with Gasteiger partial charge in [0.15, 0.2) is 0 Å². The molecule has 0 amide bonds. The predicted octanol–water partition coefficient (Wildman–Crippen LogP) is 3.45. The van der Waals surface area contributed by atoms with Gasteiger partial charge in [0, 0.05) is 11.8 Å². The molecule has 2 N–H and O–H groups in total. The largest absolute Gasteiger partial charge is 0.493 e. The molecule has 0 aliphatic rings. The van der Waals surface area contributed by atoms with Gasteiger partial charge in [-0.1, -0.05) is 29.3 Å². The van der Waals surface area contributed by atoms with E-state index in [0.29, 0.717) is 19.0 Å². The minimum atomic E-state index is 0.307. The van der Waals surface area contributed by atoms with Crippen molar-refractivity contribution < 1.29 is 4.74 Å². The molecule has 2 aromatic carbocycles. The fourth-order valence-electron chi connectivity index (χ4n) is 2.42. The average Bonchev–Trinajstić information content (AvgIpc) is 2.50. The predicted molar refractivity (Wildman–Crippen MR) is 89.1 cm³/mol. The lowest BCUT2D eigenvalue weighted by atomic mass is 10.1. The number of hydrogen-bond acceptors (Lipinski definition) is 4. The second-order valence-corrected chi connectivity index (χ2v) is 5.46. The van der Waals surface area contributed by atoms with Gasteiger partial charge in [-0.05, 0) is 38.1 Å². The number of nitrogens with zero attached hydrogens (tertiary/aromatic N) is 2. The first kappa shape index (κ1) is 14.3. The third-order valence-electron chi connectivity index (χ3n) is 3.58. The maximum atomic E-state index is 5.80. The number of anilines is 1. The van der Waals surface area contributed by atoms with Crippen LogP contribution in [0.2, 0.25) is 0 Å². The molecule has 22 heavy (non-hydrogen) atoms. The van der Waals surface area contributed by atoms with Gasteiger partial charge in [-0.25, -0.2) is 9.97 Å². The van der Waals surface area contributed by atoms with Gasteiger partial charge in [-0.2, -0.15) is 0 Å². The van der Waals surface area contributed by atoms with Crippen molar-refractivity contribution in [3.63, 3.8) is 0 Å². The number of fused-ring (bicyclic) bond motifs is 1. The van der Waals surface area contributed by atoms with Crippen LogP contribution >= 0.6 is 0 Å². The molecule has 3 aromatic rings. The molecule has 0 aliphatic heterocycles. The Kier molecular flexibility index (Phi) is 3.92. The van der Waals surface area contributed by atoms with Gasteiger partial charge in [0.2, 0.25) is 5.95 Å². The summed E-state index contributed by atoms with van der Waals surface area (Å²) in [5.41, 5.74) is 10.0. The van der Waals surface area contributed by atoms with Crippen LogP contribution in [0, 0.1) is 13.8 Å². The van der Waals surface area contributed by atoms with Crippen molar-refractivity contribution in [2.45, 2.75) is 20.3 Å². The third-order valence-corrected chi connectivity index (χ3v) is 3.58. The van der Waals surface area contributed by atoms with Crippen molar-refractivity contribution in [3.8, 4) is 5.75 Å². The minimum Gasteiger partial charge on any atom is -0.493 e. The lowest BCUT2D eigenvalue weighted by Crippen LogP contribution is -2.06. The molecule has 0 radical (unpaired) electrons. The lowest BCUT2D eigenvalue weighted by molar-refractivity contribution is 0.321. The molecule has 0 saturated heterocycles. The van der Waals surface area contributed by atoms with Gasteiger partial charge in [-0.3, -0.25) is 0 Å². The van der Waals surface area contributed by atoms with Crippen LogP contribution in [0.4, 0.5) is 5.95 Å². The number of hydrogen-bond donors (Lipinski definition) is 1. The number of ether oxygens (including phenoxy) is 1. The van der Waals surface area contributed by atoms with E-state index < -0.39 is 0 Å². The van der Waals surface area contributed by atoms with E-state index in [4.69, 9.17) is 10.5 Å². The molecule has 112 valence electrons. The highest BCUT2D eigenvalue weighted by Gasteiger charge is 2.07. The Balaban J connectivity index is 1.78. The first-order chi connectivity index (χ1) is 10.6. The van der Waals surface area contributed by atoms with Crippen molar-refractivity contribution in [2.75, 3.05) is 12.3 Å². The maximum Gasteiger partial charge on any atom is 0.220 e. The van der Waals surface area contributed by atoms with Crippen LogP contribution in [0.1, 0.15) is 16.8 Å². The minimum absolute atomic E-state index is 0.307. The van der Waals surface area contributed by atoms with Crippen LogP contribution in [0.5, 0.6) is 5.75 Å². The molecule has 0 spiro atoms. The quantitative estimate of drug-likeness (QED) is 0.800. The van der Waals surface area contributed by atoms with Crippen molar-refractivity contribution in [3.05, 3.63) is 59.3 Å². The van der Waals surface area contributed by atoms with Gasteiger partial charge in [-0.15, -0.1) is 0 Å². The Morgan fingerprint density at radius 2 is 1.68 bits per heavy atom. The number of nitrogens with two attached hydrogens (primary N) is 1. The van der Waals surface area contributed by atoms with E-state index in [1.165, 1.54) is 11.1 Å². The van der Waals surface area contributed by atoms with Crippen molar-refractivity contribution in [1.29, 1.82) is 0 Å². The van der Waals surface area contributed by atoms with Crippen LogP contribution < -0.4 is 10.5 Å². The molecule has 4 nitrogen and oxygen atoms in total. The van der Waals surface area contributed by atoms with Crippen molar-refractivity contribution in [1.82, 2.24) is 9.97 Å². The van der Waals surface area contributed by atoms with Gasteiger partial charge >= 0.3 is 0 Å². The monoisotopic (exact) mass is 293 g/mol. The summed E-state index contributed by atoms with van der Waals surface area (Å²) in [6.07, 6.45) is 0.695. The van der Waals surface area contributed by atoms with Crippen molar-refractivity contribution >= 4 is 16.9 Å².